The van der Waals surface area contributed by atoms with E-state index in [9.17, 15) is 4.79 Å². The third-order valence-electron chi connectivity index (χ3n) is 4.40. The maximum atomic E-state index is 12.1. The Kier molecular flexibility index (Phi) is 4.89. The van der Waals surface area contributed by atoms with Crippen LogP contribution in [-0.2, 0) is 16.6 Å². The van der Waals surface area contributed by atoms with E-state index in [0.29, 0.717) is 6.54 Å². The second-order valence-electron chi connectivity index (χ2n) is 6.18. The van der Waals surface area contributed by atoms with E-state index in [0.717, 1.165) is 42.3 Å². The second kappa shape index (κ2) is 7.09. The lowest BCUT2D eigenvalue weighted by Gasteiger charge is -2.32. The smallest absolute Gasteiger partial charge is 0.248 e. The Balaban J connectivity index is 1.85. The minimum absolute atomic E-state index is 0.0415. The van der Waals surface area contributed by atoms with Crippen molar-refractivity contribution in [1.82, 2.24) is 24.6 Å². The molecule has 0 radical (unpaired) electrons. The molecule has 1 saturated heterocycles. The first-order valence-electron chi connectivity index (χ1n) is 8.19. The van der Waals surface area contributed by atoms with E-state index in [1.54, 1.807) is 18.0 Å². The number of rotatable bonds is 4. The topological polar surface area (TPSA) is 73.1 Å². The highest BCUT2D eigenvalue weighted by molar-refractivity contribution is 5.77. The summed E-state index contributed by atoms with van der Waals surface area (Å²) in [4.78, 5) is 23.1. The van der Waals surface area contributed by atoms with E-state index < -0.39 is 0 Å². The molecule has 3 heterocycles. The largest absolute Gasteiger partial charge is 0.375 e. The minimum atomic E-state index is 0.0415. The van der Waals surface area contributed by atoms with E-state index in [-0.39, 0.29) is 18.4 Å². The Hall–Kier alpha value is -2.28. The molecule has 0 unspecified atom stereocenters. The average Bonchev–Trinajstić information content (AvgIpc) is 3.01. The van der Waals surface area contributed by atoms with Crippen LogP contribution in [0.2, 0.25) is 0 Å². The Morgan fingerprint density at radius 1 is 1.42 bits per heavy atom. The molecule has 3 rings (SSSR count). The van der Waals surface area contributed by atoms with Crippen LogP contribution in [0.4, 0.5) is 0 Å². The number of piperidine rings is 1. The van der Waals surface area contributed by atoms with Gasteiger partial charge in [-0.15, -0.1) is 0 Å². The van der Waals surface area contributed by atoms with Gasteiger partial charge in [-0.2, -0.15) is 5.10 Å². The first-order valence-corrected chi connectivity index (χ1v) is 8.19. The summed E-state index contributed by atoms with van der Waals surface area (Å²) in [5.41, 5.74) is 2.83. The zero-order valence-corrected chi connectivity index (χ0v) is 14.4. The van der Waals surface area contributed by atoms with Gasteiger partial charge in [0.05, 0.1) is 11.4 Å². The number of hydrogen-bond acceptors (Lipinski definition) is 5. The fraction of sp³-hybridized carbons (Fsp3) is 0.529. The molecule has 0 spiro atoms. The molecular formula is C17H23N5O2. The van der Waals surface area contributed by atoms with Gasteiger partial charge < -0.3 is 9.64 Å². The van der Waals surface area contributed by atoms with Crippen LogP contribution in [-0.4, -0.2) is 57.4 Å². The van der Waals surface area contributed by atoms with Gasteiger partial charge in [0.25, 0.3) is 0 Å². The molecule has 1 aliphatic rings. The average molecular weight is 329 g/mol. The van der Waals surface area contributed by atoms with Crippen molar-refractivity contribution in [3.63, 3.8) is 0 Å². The lowest BCUT2D eigenvalue weighted by molar-refractivity contribution is -0.136. The summed E-state index contributed by atoms with van der Waals surface area (Å²) in [6.45, 7) is 3.51. The number of aryl methyl sites for hydroxylation is 2. The molecule has 1 atom stereocenters. The quantitative estimate of drug-likeness (QED) is 0.851. The van der Waals surface area contributed by atoms with Crippen LogP contribution in [0.1, 0.15) is 30.3 Å². The second-order valence-corrected chi connectivity index (χ2v) is 6.18. The summed E-state index contributed by atoms with van der Waals surface area (Å²) < 4.78 is 6.78. The number of carbonyl (C=O) groups excluding carboxylic acids is 1. The van der Waals surface area contributed by atoms with Crippen LogP contribution in [0.3, 0.4) is 0 Å². The number of hydrogen-bond donors (Lipinski definition) is 0. The van der Waals surface area contributed by atoms with Crippen LogP contribution < -0.4 is 0 Å². The lowest BCUT2D eigenvalue weighted by Crippen LogP contribution is -2.41. The number of carbonyl (C=O) groups is 1. The van der Waals surface area contributed by atoms with Gasteiger partial charge in [0.2, 0.25) is 5.91 Å². The molecule has 2 aromatic heterocycles. The molecule has 24 heavy (non-hydrogen) atoms. The number of likely N-dealkylation sites (tertiary alicyclic amines) is 1. The number of nitrogens with zero attached hydrogens (tertiary/aromatic N) is 5. The monoisotopic (exact) mass is 329 g/mol. The van der Waals surface area contributed by atoms with E-state index >= 15 is 0 Å². The zero-order valence-electron chi connectivity index (χ0n) is 14.4. The van der Waals surface area contributed by atoms with Crippen LogP contribution in [0.5, 0.6) is 0 Å². The molecule has 0 aliphatic carbocycles. The van der Waals surface area contributed by atoms with Gasteiger partial charge in [-0.3, -0.25) is 9.48 Å². The summed E-state index contributed by atoms with van der Waals surface area (Å²) in [7, 11) is 3.45. The summed E-state index contributed by atoms with van der Waals surface area (Å²) in [5, 5.41) is 4.21. The molecule has 0 aromatic carbocycles. The molecule has 0 N–H and O–H groups in total. The fourth-order valence-corrected chi connectivity index (χ4v) is 3.22. The van der Waals surface area contributed by atoms with E-state index in [1.807, 2.05) is 31.0 Å². The fourth-order valence-electron chi connectivity index (χ4n) is 3.22. The number of methoxy groups -OCH3 is 1. The van der Waals surface area contributed by atoms with E-state index in [1.165, 1.54) is 0 Å². The van der Waals surface area contributed by atoms with Crippen molar-refractivity contribution in [2.45, 2.75) is 25.7 Å². The van der Waals surface area contributed by atoms with Crippen molar-refractivity contribution < 1.29 is 9.53 Å². The Morgan fingerprint density at radius 2 is 2.25 bits per heavy atom. The molecule has 1 amide bonds. The molecule has 0 bridgehead atoms. The van der Waals surface area contributed by atoms with Crippen molar-refractivity contribution in [1.29, 1.82) is 0 Å². The van der Waals surface area contributed by atoms with Crippen molar-refractivity contribution in [3.8, 4) is 11.4 Å². The highest BCUT2D eigenvalue weighted by Crippen LogP contribution is 2.28. The third-order valence-corrected chi connectivity index (χ3v) is 4.40. The number of amides is 1. The first-order chi connectivity index (χ1) is 11.6. The van der Waals surface area contributed by atoms with Crippen molar-refractivity contribution in [3.05, 3.63) is 29.8 Å². The Morgan fingerprint density at radius 3 is 2.96 bits per heavy atom. The summed E-state index contributed by atoms with van der Waals surface area (Å²) in [6.07, 6.45) is 3.76. The molecular weight excluding hydrogens is 306 g/mol. The number of ether oxygens (including phenoxy) is 1. The normalized spacial score (nSPS) is 18.0. The molecule has 128 valence electrons. The van der Waals surface area contributed by atoms with Crippen LogP contribution in [0.25, 0.3) is 11.4 Å². The summed E-state index contributed by atoms with van der Waals surface area (Å²) >= 11 is 0. The summed E-state index contributed by atoms with van der Waals surface area (Å²) in [5.74, 6) is 1.01. The molecule has 1 aliphatic heterocycles. The van der Waals surface area contributed by atoms with Gasteiger partial charge in [0, 0.05) is 45.1 Å². The van der Waals surface area contributed by atoms with Gasteiger partial charge in [0.15, 0.2) is 0 Å². The Bertz CT molecular complexity index is 728. The van der Waals surface area contributed by atoms with Crippen LogP contribution in [0.15, 0.2) is 18.3 Å². The van der Waals surface area contributed by atoms with Gasteiger partial charge in [-0.05, 0) is 31.9 Å². The van der Waals surface area contributed by atoms with Gasteiger partial charge in [-0.1, -0.05) is 0 Å². The summed E-state index contributed by atoms with van der Waals surface area (Å²) in [6, 6.07) is 3.97. The van der Waals surface area contributed by atoms with Gasteiger partial charge >= 0.3 is 0 Å². The van der Waals surface area contributed by atoms with Crippen molar-refractivity contribution in [2.75, 3.05) is 26.8 Å². The third kappa shape index (κ3) is 3.46. The highest BCUT2D eigenvalue weighted by atomic mass is 16.5. The maximum absolute atomic E-state index is 12.1. The van der Waals surface area contributed by atoms with Crippen LogP contribution >= 0.6 is 0 Å². The predicted octanol–water partition coefficient (Wildman–Crippen LogP) is 1.54. The maximum Gasteiger partial charge on any atom is 0.248 e. The minimum Gasteiger partial charge on any atom is -0.375 e. The van der Waals surface area contributed by atoms with E-state index in [2.05, 4.69) is 15.1 Å². The molecule has 7 nitrogen and oxygen atoms in total. The van der Waals surface area contributed by atoms with Gasteiger partial charge in [0.1, 0.15) is 12.4 Å². The molecule has 2 aromatic rings. The highest BCUT2D eigenvalue weighted by Gasteiger charge is 2.26. The zero-order chi connectivity index (χ0) is 17.1. The van der Waals surface area contributed by atoms with E-state index in [4.69, 9.17) is 4.74 Å². The SMILES string of the molecule is COCC(=O)N1CCC[C@@H](c2cc(-c3ccnn3C)nc(C)n2)C1. The Labute approximate surface area is 141 Å². The van der Waals surface area contributed by atoms with Crippen molar-refractivity contribution in [2.24, 2.45) is 7.05 Å². The number of aromatic nitrogens is 4. The first kappa shape index (κ1) is 16.6. The lowest BCUT2D eigenvalue weighted by atomic mass is 9.93. The van der Waals surface area contributed by atoms with Crippen LogP contribution in [0, 0.1) is 6.92 Å². The molecule has 7 heteroatoms. The molecule has 0 saturated carbocycles. The van der Waals surface area contributed by atoms with Crippen molar-refractivity contribution >= 4 is 5.91 Å². The standard InChI is InChI=1S/C17H23N5O2/c1-12-19-14(9-15(20-12)16-6-7-18-21(16)2)13-5-4-8-22(10-13)17(23)11-24-3/h6-7,9,13H,4-5,8,10-11H2,1-3H3/t13-/m1/s1. The molecule has 1 fully saturated rings. The predicted molar refractivity (Wildman–Crippen MR) is 89.4 cm³/mol. The van der Waals surface area contributed by atoms with Gasteiger partial charge in [-0.25, -0.2) is 9.97 Å².